The number of carbonyl (C=O) groups excluding carboxylic acids is 1. The monoisotopic (exact) mass is 298 g/mol. The van der Waals surface area contributed by atoms with Crippen LogP contribution in [0, 0.1) is 6.92 Å². The van der Waals surface area contributed by atoms with E-state index < -0.39 is 5.97 Å². The van der Waals surface area contributed by atoms with Crippen molar-refractivity contribution in [3.63, 3.8) is 0 Å². The normalized spacial score (nSPS) is 10.8. The number of carboxylic acids is 1. The topological polar surface area (TPSA) is 60.9 Å². The van der Waals surface area contributed by atoms with Gasteiger partial charge in [-0.2, -0.15) is 0 Å². The van der Waals surface area contributed by atoms with Crippen LogP contribution in [0.3, 0.4) is 0 Å². The van der Waals surface area contributed by atoms with Crippen LogP contribution in [-0.4, -0.2) is 60.5 Å². The molecule has 0 saturated carbocycles. The van der Waals surface area contributed by atoms with E-state index in [9.17, 15) is 9.59 Å². The van der Waals surface area contributed by atoms with Gasteiger partial charge in [0.25, 0.3) is 5.91 Å². The van der Waals surface area contributed by atoms with Crippen LogP contribution in [0.1, 0.15) is 27.0 Å². The summed E-state index contributed by atoms with van der Waals surface area (Å²) in [4.78, 5) is 28.4. The first kappa shape index (κ1) is 16.7. The Morgan fingerprint density at radius 2 is 1.95 bits per heavy atom. The zero-order valence-corrected chi connectivity index (χ0v) is 13.3. The van der Waals surface area contributed by atoms with Crippen molar-refractivity contribution in [1.29, 1.82) is 0 Å². The van der Waals surface area contributed by atoms with Crippen LogP contribution in [-0.2, 0) is 11.2 Å². The Morgan fingerprint density at radius 3 is 2.40 bits per heavy atom. The van der Waals surface area contributed by atoms with Crippen molar-refractivity contribution in [2.24, 2.45) is 0 Å². The fraction of sp³-hybridized carbons (Fsp3) is 0.571. The van der Waals surface area contributed by atoms with Gasteiger partial charge in [-0.3, -0.25) is 9.59 Å². The van der Waals surface area contributed by atoms with Gasteiger partial charge in [-0.15, -0.1) is 11.3 Å². The van der Waals surface area contributed by atoms with E-state index in [4.69, 9.17) is 5.11 Å². The lowest BCUT2D eigenvalue weighted by Crippen LogP contribution is -2.39. The number of hydrogen-bond acceptors (Lipinski definition) is 4. The number of carboxylic acid groups (broad SMARTS) is 1. The van der Waals surface area contributed by atoms with Crippen LogP contribution in [0.2, 0.25) is 0 Å². The lowest BCUT2D eigenvalue weighted by atomic mass is 10.2. The average molecular weight is 298 g/mol. The van der Waals surface area contributed by atoms with E-state index in [2.05, 4.69) is 0 Å². The van der Waals surface area contributed by atoms with Gasteiger partial charge < -0.3 is 14.9 Å². The Balaban J connectivity index is 2.87. The van der Waals surface area contributed by atoms with E-state index in [1.807, 2.05) is 38.9 Å². The lowest BCUT2D eigenvalue weighted by molar-refractivity contribution is -0.137. The predicted molar refractivity (Wildman–Crippen MR) is 80.5 cm³/mol. The number of amides is 1. The van der Waals surface area contributed by atoms with Gasteiger partial charge in [-0.25, -0.2) is 0 Å². The highest BCUT2D eigenvalue weighted by Gasteiger charge is 2.21. The Kier molecular flexibility index (Phi) is 6.16. The minimum atomic E-state index is -0.985. The first-order valence-electron chi connectivity index (χ1n) is 6.60. The molecule has 112 valence electrons. The average Bonchev–Trinajstić information content (AvgIpc) is 2.74. The van der Waals surface area contributed by atoms with Crippen molar-refractivity contribution in [1.82, 2.24) is 9.80 Å². The van der Waals surface area contributed by atoms with Gasteiger partial charge in [0.05, 0.1) is 4.88 Å². The van der Waals surface area contributed by atoms with Crippen LogP contribution >= 0.6 is 11.3 Å². The summed E-state index contributed by atoms with van der Waals surface area (Å²) in [7, 11) is 3.79. The van der Waals surface area contributed by atoms with E-state index in [-0.39, 0.29) is 12.5 Å². The maximum absolute atomic E-state index is 12.4. The van der Waals surface area contributed by atoms with Gasteiger partial charge in [0.2, 0.25) is 0 Å². The number of likely N-dealkylation sites (N-methyl/N-ethyl adjacent to an activating group) is 1. The second-order valence-electron chi connectivity index (χ2n) is 4.97. The van der Waals surface area contributed by atoms with Gasteiger partial charge >= 0.3 is 5.97 Å². The lowest BCUT2D eigenvalue weighted by Gasteiger charge is -2.22. The Labute approximate surface area is 123 Å². The van der Waals surface area contributed by atoms with Crippen molar-refractivity contribution in [3.05, 3.63) is 21.4 Å². The summed E-state index contributed by atoms with van der Waals surface area (Å²) in [6, 6.07) is 1.88. The van der Waals surface area contributed by atoms with Gasteiger partial charge in [0, 0.05) is 18.0 Å². The molecular weight excluding hydrogens is 276 g/mol. The molecule has 0 saturated heterocycles. The molecule has 1 heterocycles. The Bertz CT molecular complexity index is 483. The molecule has 1 rings (SSSR count). The minimum Gasteiger partial charge on any atom is -0.480 e. The number of hydrogen-bond donors (Lipinski definition) is 1. The molecule has 1 aromatic rings. The molecule has 0 fully saturated rings. The second-order valence-corrected chi connectivity index (χ2v) is 6.23. The van der Waals surface area contributed by atoms with Crippen LogP contribution in [0.15, 0.2) is 6.07 Å². The van der Waals surface area contributed by atoms with Crippen LogP contribution in [0.25, 0.3) is 0 Å². The molecule has 0 aliphatic carbocycles. The molecule has 1 aromatic heterocycles. The van der Waals surface area contributed by atoms with E-state index in [1.165, 1.54) is 16.2 Å². The molecule has 0 bridgehead atoms. The van der Waals surface area contributed by atoms with Crippen LogP contribution < -0.4 is 0 Å². The van der Waals surface area contributed by atoms with Crippen molar-refractivity contribution in [3.8, 4) is 0 Å². The predicted octanol–water partition coefficient (Wildman–Crippen LogP) is 1.71. The summed E-state index contributed by atoms with van der Waals surface area (Å²) in [5.74, 6) is -1.18. The van der Waals surface area contributed by atoms with E-state index in [0.717, 1.165) is 16.9 Å². The number of aliphatic carboxylic acids is 1. The number of aryl methyl sites for hydroxylation is 2. The second kappa shape index (κ2) is 7.40. The van der Waals surface area contributed by atoms with Gasteiger partial charge in [0.1, 0.15) is 6.54 Å². The van der Waals surface area contributed by atoms with Crippen molar-refractivity contribution >= 4 is 23.2 Å². The third-order valence-electron chi connectivity index (χ3n) is 3.04. The van der Waals surface area contributed by atoms with E-state index in [1.54, 1.807) is 0 Å². The van der Waals surface area contributed by atoms with Gasteiger partial charge in [-0.1, -0.05) is 6.92 Å². The number of carbonyl (C=O) groups is 2. The van der Waals surface area contributed by atoms with Crippen LogP contribution in [0.4, 0.5) is 0 Å². The molecule has 0 aromatic carbocycles. The highest BCUT2D eigenvalue weighted by atomic mass is 32.1. The van der Waals surface area contributed by atoms with E-state index >= 15 is 0 Å². The smallest absolute Gasteiger partial charge is 0.323 e. The highest BCUT2D eigenvalue weighted by Crippen LogP contribution is 2.23. The molecule has 20 heavy (non-hydrogen) atoms. The summed E-state index contributed by atoms with van der Waals surface area (Å²) in [6.07, 6.45) is 0.881. The summed E-state index contributed by atoms with van der Waals surface area (Å²) < 4.78 is 0. The molecule has 0 aliphatic rings. The van der Waals surface area contributed by atoms with E-state index in [0.29, 0.717) is 18.0 Å². The molecule has 0 radical (unpaired) electrons. The molecule has 0 spiro atoms. The quantitative estimate of drug-likeness (QED) is 0.832. The van der Waals surface area contributed by atoms with Gasteiger partial charge in [0.15, 0.2) is 0 Å². The summed E-state index contributed by atoms with van der Waals surface area (Å²) in [6.45, 7) is 4.83. The Morgan fingerprint density at radius 1 is 1.30 bits per heavy atom. The molecular formula is C14H22N2O3S. The molecule has 6 heteroatoms. The molecule has 0 atom stereocenters. The fourth-order valence-electron chi connectivity index (χ4n) is 1.87. The van der Waals surface area contributed by atoms with Crippen molar-refractivity contribution in [2.45, 2.75) is 20.3 Å². The third-order valence-corrected chi connectivity index (χ3v) is 4.12. The summed E-state index contributed by atoms with van der Waals surface area (Å²) in [5.41, 5.74) is 1.15. The molecule has 1 N–H and O–H groups in total. The molecule has 0 aliphatic heterocycles. The first-order valence-corrected chi connectivity index (χ1v) is 7.41. The summed E-state index contributed by atoms with van der Waals surface area (Å²) >= 11 is 1.44. The standard InChI is InChI=1S/C14H22N2O3S/c1-5-11-8-12(20-10(11)2)14(19)16(9-13(17)18)7-6-15(3)4/h8H,5-7,9H2,1-4H3,(H,17,18). The molecule has 5 nitrogen and oxygen atoms in total. The Hall–Kier alpha value is -1.40. The minimum absolute atomic E-state index is 0.193. The fourth-order valence-corrected chi connectivity index (χ4v) is 2.95. The number of nitrogens with zero attached hydrogens (tertiary/aromatic N) is 2. The highest BCUT2D eigenvalue weighted by molar-refractivity contribution is 7.14. The third kappa shape index (κ3) is 4.61. The SMILES string of the molecule is CCc1cc(C(=O)N(CCN(C)C)CC(=O)O)sc1C. The maximum Gasteiger partial charge on any atom is 0.323 e. The van der Waals surface area contributed by atoms with Crippen molar-refractivity contribution < 1.29 is 14.7 Å². The van der Waals surface area contributed by atoms with Crippen LogP contribution in [0.5, 0.6) is 0 Å². The van der Waals surface area contributed by atoms with Crippen molar-refractivity contribution in [2.75, 3.05) is 33.7 Å². The number of rotatable bonds is 7. The molecule has 0 unspecified atom stereocenters. The first-order chi connectivity index (χ1) is 9.35. The van der Waals surface area contributed by atoms with Gasteiger partial charge in [-0.05, 0) is 39.1 Å². The largest absolute Gasteiger partial charge is 0.480 e. The zero-order chi connectivity index (χ0) is 15.3. The maximum atomic E-state index is 12.4. The molecule has 1 amide bonds. The number of thiophene rings is 1. The zero-order valence-electron chi connectivity index (χ0n) is 12.5. The summed E-state index contributed by atoms with van der Waals surface area (Å²) in [5, 5.41) is 8.95.